The van der Waals surface area contributed by atoms with Gasteiger partial charge in [-0.15, -0.1) is 5.10 Å². The second-order valence-corrected chi connectivity index (χ2v) is 5.33. The molecular formula is C15H17N5S. The van der Waals surface area contributed by atoms with Crippen LogP contribution in [0.4, 0.5) is 0 Å². The highest BCUT2D eigenvalue weighted by Gasteiger charge is 2.20. The minimum Gasteiger partial charge on any atom is -0.304 e. The smallest absolute Gasteiger partial charge is 0.0986 e. The van der Waals surface area contributed by atoms with Crippen molar-refractivity contribution in [3.63, 3.8) is 0 Å². The lowest BCUT2D eigenvalue weighted by Gasteiger charge is -2.18. The average Bonchev–Trinajstić information content (AvgIpc) is 3.20. The molecule has 3 aromatic rings. The third-order valence-electron chi connectivity index (χ3n) is 3.24. The van der Waals surface area contributed by atoms with Crippen molar-refractivity contribution in [2.75, 3.05) is 6.54 Å². The summed E-state index contributed by atoms with van der Waals surface area (Å²) in [5.41, 5.74) is 3.05. The Labute approximate surface area is 127 Å². The van der Waals surface area contributed by atoms with Gasteiger partial charge in [0.1, 0.15) is 0 Å². The molecule has 0 aliphatic carbocycles. The Morgan fingerprint density at radius 3 is 2.81 bits per heavy atom. The fraction of sp³-hybridized carbons (Fsp3) is 0.267. The standard InChI is InChI=1S/C15H17N5S/c1-2-9-16-15(13-11-21-19-18-13)14-8-10-17-20(14)12-6-4-3-5-7-12/h3-8,10-11,15-16H,2,9H2,1H3. The molecule has 0 fully saturated rings. The van der Waals surface area contributed by atoms with Gasteiger partial charge in [0.05, 0.1) is 23.1 Å². The Morgan fingerprint density at radius 2 is 2.10 bits per heavy atom. The minimum atomic E-state index is 0.00593. The van der Waals surface area contributed by atoms with E-state index in [1.165, 1.54) is 11.5 Å². The van der Waals surface area contributed by atoms with E-state index in [1.54, 1.807) is 0 Å². The van der Waals surface area contributed by atoms with Gasteiger partial charge in [0.15, 0.2) is 0 Å². The number of rotatable bonds is 6. The molecule has 0 radical (unpaired) electrons. The van der Waals surface area contributed by atoms with E-state index in [4.69, 9.17) is 0 Å². The first-order valence-electron chi connectivity index (χ1n) is 7.00. The lowest BCUT2D eigenvalue weighted by atomic mass is 10.1. The molecule has 1 atom stereocenters. The molecule has 0 aliphatic rings. The van der Waals surface area contributed by atoms with Crippen LogP contribution in [0.15, 0.2) is 48.0 Å². The Morgan fingerprint density at radius 1 is 1.24 bits per heavy atom. The molecule has 0 saturated carbocycles. The third-order valence-corrected chi connectivity index (χ3v) is 3.76. The Hall–Kier alpha value is -2.05. The minimum absolute atomic E-state index is 0.00593. The lowest BCUT2D eigenvalue weighted by molar-refractivity contribution is 0.558. The van der Waals surface area contributed by atoms with Crippen molar-refractivity contribution in [2.45, 2.75) is 19.4 Å². The summed E-state index contributed by atoms with van der Waals surface area (Å²) in [5, 5.41) is 14.2. The number of hydrogen-bond acceptors (Lipinski definition) is 5. The van der Waals surface area contributed by atoms with Crippen molar-refractivity contribution >= 4 is 11.5 Å². The SMILES string of the molecule is CCCNC(c1csnn1)c1ccnn1-c1ccccc1. The fourth-order valence-electron chi connectivity index (χ4n) is 2.26. The van der Waals surface area contributed by atoms with E-state index in [0.29, 0.717) is 0 Å². The van der Waals surface area contributed by atoms with Crippen molar-refractivity contribution < 1.29 is 0 Å². The summed E-state index contributed by atoms with van der Waals surface area (Å²) in [5.74, 6) is 0. The van der Waals surface area contributed by atoms with Crippen LogP contribution >= 0.6 is 11.5 Å². The van der Waals surface area contributed by atoms with Gasteiger partial charge in [-0.1, -0.05) is 29.6 Å². The number of nitrogens with zero attached hydrogens (tertiary/aromatic N) is 4. The van der Waals surface area contributed by atoms with Crippen molar-refractivity contribution in [2.24, 2.45) is 0 Å². The average molecular weight is 299 g/mol. The molecule has 108 valence electrons. The normalized spacial score (nSPS) is 12.4. The van der Waals surface area contributed by atoms with Crippen LogP contribution in [0.1, 0.15) is 30.8 Å². The van der Waals surface area contributed by atoms with Crippen LogP contribution < -0.4 is 5.32 Å². The van der Waals surface area contributed by atoms with E-state index in [9.17, 15) is 0 Å². The first kappa shape index (κ1) is 13.9. The number of nitrogens with one attached hydrogen (secondary N) is 1. The first-order chi connectivity index (χ1) is 10.4. The zero-order chi connectivity index (χ0) is 14.5. The van der Waals surface area contributed by atoms with Gasteiger partial charge in [-0.3, -0.25) is 0 Å². The molecule has 0 bridgehead atoms. The van der Waals surface area contributed by atoms with Crippen LogP contribution in [0, 0.1) is 0 Å². The second kappa shape index (κ2) is 6.60. The zero-order valence-corrected chi connectivity index (χ0v) is 12.6. The first-order valence-corrected chi connectivity index (χ1v) is 7.83. The van der Waals surface area contributed by atoms with E-state index in [2.05, 4.69) is 26.9 Å². The van der Waals surface area contributed by atoms with Gasteiger partial charge in [0, 0.05) is 11.6 Å². The maximum Gasteiger partial charge on any atom is 0.0986 e. The molecular weight excluding hydrogens is 282 g/mol. The topological polar surface area (TPSA) is 55.6 Å². The Balaban J connectivity index is 1.99. The molecule has 1 aromatic carbocycles. The van der Waals surface area contributed by atoms with Crippen LogP contribution in [0.25, 0.3) is 5.69 Å². The molecule has 3 rings (SSSR count). The summed E-state index contributed by atoms with van der Waals surface area (Å²) in [6, 6.07) is 12.2. The highest BCUT2D eigenvalue weighted by atomic mass is 32.1. The fourth-order valence-corrected chi connectivity index (χ4v) is 2.74. The molecule has 0 spiro atoms. The van der Waals surface area contributed by atoms with Crippen LogP contribution in [0.3, 0.4) is 0 Å². The summed E-state index contributed by atoms with van der Waals surface area (Å²) in [6.45, 7) is 3.07. The molecule has 1 N–H and O–H groups in total. The highest BCUT2D eigenvalue weighted by molar-refractivity contribution is 7.03. The highest BCUT2D eigenvalue weighted by Crippen LogP contribution is 2.23. The summed E-state index contributed by atoms with van der Waals surface area (Å²) < 4.78 is 5.94. The van der Waals surface area contributed by atoms with Crippen LogP contribution in [-0.2, 0) is 0 Å². The summed E-state index contributed by atoms with van der Waals surface area (Å²) >= 11 is 1.37. The van der Waals surface area contributed by atoms with Crippen LogP contribution in [0.5, 0.6) is 0 Å². The molecule has 21 heavy (non-hydrogen) atoms. The van der Waals surface area contributed by atoms with Crippen molar-refractivity contribution in [3.05, 3.63) is 59.4 Å². The molecule has 2 aromatic heterocycles. The Bertz CT molecular complexity index is 662. The van der Waals surface area contributed by atoms with Crippen LogP contribution in [0.2, 0.25) is 0 Å². The monoisotopic (exact) mass is 299 g/mol. The van der Waals surface area contributed by atoms with Crippen LogP contribution in [-0.4, -0.2) is 25.9 Å². The van der Waals surface area contributed by atoms with Gasteiger partial charge in [0.25, 0.3) is 0 Å². The van der Waals surface area contributed by atoms with Gasteiger partial charge in [0.2, 0.25) is 0 Å². The van der Waals surface area contributed by atoms with E-state index < -0.39 is 0 Å². The Kier molecular flexibility index (Phi) is 4.37. The molecule has 0 amide bonds. The van der Waals surface area contributed by atoms with Crippen molar-refractivity contribution in [3.8, 4) is 5.69 Å². The molecule has 0 saturated heterocycles. The molecule has 0 aliphatic heterocycles. The van der Waals surface area contributed by atoms with E-state index >= 15 is 0 Å². The van der Waals surface area contributed by atoms with E-state index in [-0.39, 0.29) is 6.04 Å². The van der Waals surface area contributed by atoms with E-state index in [0.717, 1.165) is 30.0 Å². The second-order valence-electron chi connectivity index (χ2n) is 4.72. The number of hydrogen-bond donors (Lipinski definition) is 1. The molecule has 5 nitrogen and oxygen atoms in total. The predicted molar refractivity (Wildman–Crippen MR) is 83.6 cm³/mol. The third kappa shape index (κ3) is 3.01. The summed E-state index contributed by atoms with van der Waals surface area (Å²) in [7, 11) is 0. The number of benzene rings is 1. The van der Waals surface area contributed by atoms with Gasteiger partial charge in [-0.2, -0.15) is 5.10 Å². The number of para-hydroxylation sites is 1. The van der Waals surface area contributed by atoms with Gasteiger partial charge in [-0.05, 0) is 42.7 Å². The number of aromatic nitrogens is 4. The zero-order valence-electron chi connectivity index (χ0n) is 11.8. The maximum absolute atomic E-state index is 4.46. The van der Waals surface area contributed by atoms with Gasteiger partial charge >= 0.3 is 0 Å². The summed E-state index contributed by atoms with van der Waals surface area (Å²) in [6.07, 6.45) is 2.89. The predicted octanol–water partition coefficient (Wildman–Crippen LogP) is 2.81. The maximum atomic E-state index is 4.46. The van der Waals surface area contributed by atoms with Crippen molar-refractivity contribution in [1.29, 1.82) is 0 Å². The van der Waals surface area contributed by atoms with E-state index in [1.807, 2.05) is 52.7 Å². The lowest BCUT2D eigenvalue weighted by Crippen LogP contribution is -2.25. The molecule has 6 heteroatoms. The molecule has 1 unspecified atom stereocenters. The quantitative estimate of drug-likeness (QED) is 0.760. The van der Waals surface area contributed by atoms with Gasteiger partial charge < -0.3 is 5.32 Å². The molecule has 2 heterocycles. The largest absolute Gasteiger partial charge is 0.304 e. The van der Waals surface area contributed by atoms with Crippen molar-refractivity contribution in [1.82, 2.24) is 24.7 Å². The summed E-state index contributed by atoms with van der Waals surface area (Å²) in [4.78, 5) is 0. The van der Waals surface area contributed by atoms with Gasteiger partial charge in [-0.25, -0.2) is 4.68 Å².